The number of rotatable bonds is 20. The fourth-order valence-corrected chi connectivity index (χ4v) is 8.20. The van der Waals surface area contributed by atoms with Gasteiger partial charge < -0.3 is 69.0 Å². The Kier molecular flexibility index (Phi) is 15.5. The van der Waals surface area contributed by atoms with E-state index >= 15 is 0 Å². The quantitative estimate of drug-likeness (QED) is 0.0653. The lowest BCUT2D eigenvalue weighted by Crippen LogP contribution is -2.46. The number of nitrogens with two attached hydrogens (primary N) is 1. The number of hydrogen-bond acceptors (Lipinski definition) is 22. The van der Waals surface area contributed by atoms with Crippen LogP contribution in [0.3, 0.4) is 0 Å². The average molecular weight is 848 g/mol. The van der Waals surface area contributed by atoms with Crippen molar-refractivity contribution in [3.05, 3.63) is 12.7 Å². The van der Waals surface area contributed by atoms with Crippen LogP contribution >= 0.6 is 35.2 Å². The smallest absolute Gasteiger partial charge is 0.274 e. The van der Waals surface area contributed by atoms with Crippen LogP contribution in [0.5, 0.6) is 0 Å². The highest BCUT2D eigenvalue weighted by Crippen LogP contribution is 2.56. The van der Waals surface area contributed by atoms with Crippen LogP contribution in [0.4, 0.5) is 5.82 Å². The fourth-order valence-electron chi connectivity index (χ4n) is 4.74. The summed E-state index contributed by atoms with van der Waals surface area (Å²) < 4.78 is 60.9. The van der Waals surface area contributed by atoms with Gasteiger partial charge in [0.15, 0.2) is 22.3 Å². The van der Waals surface area contributed by atoms with E-state index in [1.165, 1.54) is 20.8 Å². The summed E-state index contributed by atoms with van der Waals surface area (Å²) in [5, 5.41) is 26.4. The SMILES string of the molecule is CC(C)C(=O)SCCNC(=O)CCNC(=O)C(O)C(C)(C)COP(=O)([O-])OP(=O)([O-])OCC1OC(C)(n2cnc3c(N)ncnc32)C(O)C1OP(=O)([O-])[O-]. The molecule has 306 valence electrons. The molecule has 1 aliphatic rings. The number of nitrogens with zero attached hydrogens (tertiary/aromatic N) is 4. The summed E-state index contributed by atoms with van der Waals surface area (Å²) in [5.41, 5.74) is 2.03. The lowest BCUT2D eigenvalue weighted by molar-refractivity contribution is -0.347. The number of carbonyl (C=O) groups is 3. The number of thioether (sulfide) groups is 1. The second-order valence-electron chi connectivity index (χ2n) is 12.9. The first-order valence-electron chi connectivity index (χ1n) is 15.8. The van der Waals surface area contributed by atoms with Crippen molar-refractivity contribution in [1.82, 2.24) is 30.2 Å². The largest absolute Gasteiger partial charge is 0.790 e. The van der Waals surface area contributed by atoms with Gasteiger partial charge in [-0.15, -0.1) is 0 Å². The standard InChI is InChI=1S/C26H44N7O17P3S/c1-14(2)24(38)54-9-8-28-16(34)6-7-29-23(37)20(36)25(3,4)11-47-53(44,45)50-52(42,43)46-10-15-18(49-51(39,40)41)19(35)26(5,48-15)33-13-32-17-21(27)30-12-31-22(17)33/h12-15,18-20,35-36H,6-11H2,1-5H3,(H,28,34)(H,29,37)(H,42,43)(H,44,45)(H2,27,30,31)(H2,39,40,41)/p-4. The average Bonchev–Trinajstić information content (AvgIpc) is 3.60. The molecule has 0 radical (unpaired) electrons. The summed E-state index contributed by atoms with van der Waals surface area (Å²) in [6.07, 6.45) is -6.06. The molecule has 7 atom stereocenters. The number of nitrogens with one attached hydrogen (secondary N) is 2. The molecule has 2 aromatic rings. The van der Waals surface area contributed by atoms with E-state index in [0.717, 1.165) is 29.0 Å². The summed E-state index contributed by atoms with van der Waals surface area (Å²) in [6, 6.07) is 0. The van der Waals surface area contributed by atoms with Gasteiger partial charge >= 0.3 is 0 Å². The van der Waals surface area contributed by atoms with Crippen LogP contribution in [0.1, 0.15) is 41.0 Å². The van der Waals surface area contributed by atoms with E-state index in [1.54, 1.807) is 13.8 Å². The van der Waals surface area contributed by atoms with Gasteiger partial charge in [-0.3, -0.25) is 28.1 Å². The first-order chi connectivity index (χ1) is 24.8. The summed E-state index contributed by atoms with van der Waals surface area (Å²) >= 11 is 1.07. The van der Waals surface area contributed by atoms with Crippen LogP contribution in [0.25, 0.3) is 11.2 Å². The minimum atomic E-state index is -5.93. The Labute approximate surface area is 312 Å². The van der Waals surface area contributed by atoms with Crippen LogP contribution in [0, 0.1) is 11.3 Å². The minimum absolute atomic E-state index is 0.0283. The number of amides is 2. The highest BCUT2D eigenvalue weighted by molar-refractivity contribution is 8.13. The Balaban J connectivity index is 1.56. The monoisotopic (exact) mass is 847 g/mol. The minimum Gasteiger partial charge on any atom is -0.790 e. The summed E-state index contributed by atoms with van der Waals surface area (Å²) in [4.78, 5) is 95.8. The van der Waals surface area contributed by atoms with Crippen molar-refractivity contribution in [2.45, 2.75) is 71.2 Å². The van der Waals surface area contributed by atoms with Gasteiger partial charge in [-0.05, 0) is 6.92 Å². The number of ether oxygens (including phenoxy) is 1. The molecule has 0 bridgehead atoms. The van der Waals surface area contributed by atoms with Gasteiger partial charge in [-0.1, -0.05) is 39.5 Å². The van der Waals surface area contributed by atoms with E-state index in [1.807, 2.05) is 0 Å². The van der Waals surface area contributed by atoms with Gasteiger partial charge in [0.2, 0.25) is 11.8 Å². The van der Waals surface area contributed by atoms with Crippen molar-refractivity contribution >= 4 is 69.1 Å². The number of aliphatic hydroxyl groups is 2. The third-order valence-corrected chi connectivity index (χ3v) is 11.9. The molecule has 3 rings (SSSR count). The highest BCUT2D eigenvalue weighted by atomic mass is 32.2. The third-order valence-electron chi connectivity index (χ3n) is 7.68. The molecule has 1 saturated heterocycles. The summed E-state index contributed by atoms with van der Waals surface area (Å²) in [7, 11) is -17.6. The Morgan fingerprint density at radius 2 is 1.74 bits per heavy atom. The highest BCUT2D eigenvalue weighted by Gasteiger charge is 2.55. The Bertz CT molecular complexity index is 1810. The number of nitrogen functional groups attached to an aromatic ring is 1. The molecule has 28 heteroatoms. The molecule has 2 amide bonds. The molecular weight excluding hydrogens is 807 g/mol. The molecule has 1 aliphatic heterocycles. The zero-order valence-electron chi connectivity index (χ0n) is 29.4. The molecular formula is C26H40N7O17P3S-4. The van der Waals surface area contributed by atoms with Crippen LogP contribution in [0.15, 0.2) is 12.7 Å². The lowest BCUT2D eigenvalue weighted by Gasteiger charge is -2.36. The Morgan fingerprint density at radius 3 is 2.37 bits per heavy atom. The van der Waals surface area contributed by atoms with E-state index in [2.05, 4.69) is 43.5 Å². The van der Waals surface area contributed by atoms with Gasteiger partial charge in [0.25, 0.3) is 15.6 Å². The first kappa shape index (κ1) is 45.9. The predicted octanol–water partition coefficient (Wildman–Crippen LogP) is -3.03. The fraction of sp³-hybridized carbons (Fsp3) is 0.692. The van der Waals surface area contributed by atoms with Crippen molar-refractivity contribution < 1.29 is 80.5 Å². The van der Waals surface area contributed by atoms with Crippen molar-refractivity contribution in [1.29, 1.82) is 0 Å². The van der Waals surface area contributed by atoms with E-state index < -0.39 is 84.1 Å². The van der Waals surface area contributed by atoms with Gasteiger partial charge in [0, 0.05) is 36.6 Å². The number of hydrogen-bond donors (Lipinski definition) is 5. The number of carbonyl (C=O) groups excluding carboxylic acids is 3. The second-order valence-corrected chi connectivity index (χ2v) is 18.0. The molecule has 2 aromatic heterocycles. The normalized spacial score (nSPS) is 23.5. The number of aromatic nitrogens is 4. The van der Waals surface area contributed by atoms with Gasteiger partial charge in [-0.25, -0.2) is 19.3 Å². The molecule has 0 spiro atoms. The maximum absolute atomic E-state index is 12.5. The van der Waals surface area contributed by atoms with Gasteiger partial charge in [0.1, 0.15) is 36.3 Å². The summed E-state index contributed by atoms with van der Waals surface area (Å²) in [6.45, 7) is 4.77. The number of phosphoric acid groups is 3. The Hall–Kier alpha value is -2.44. The zero-order chi connectivity index (χ0) is 40.9. The summed E-state index contributed by atoms with van der Waals surface area (Å²) in [5.74, 6) is -1.35. The number of phosphoric ester groups is 3. The first-order valence-corrected chi connectivity index (χ1v) is 21.2. The topological polar surface area (TPSA) is 375 Å². The third kappa shape index (κ3) is 12.5. The molecule has 0 aromatic carbocycles. The number of fused-ring (bicyclic) bond motifs is 1. The lowest BCUT2D eigenvalue weighted by atomic mass is 9.87. The number of imidazole rings is 1. The number of aliphatic hydroxyl groups excluding tert-OH is 2. The van der Waals surface area contributed by atoms with Crippen molar-refractivity contribution in [3.63, 3.8) is 0 Å². The molecule has 3 heterocycles. The van der Waals surface area contributed by atoms with Gasteiger partial charge in [0.05, 0.1) is 27.4 Å². The molecule has 54 heavy (non-hydrogen) atoms. The Morgan fingerprint density at radius 1 is 1.09 bits per heavy atom. The maximum Gasteiger partial charge on any atom is 0.274 e. The zero-order valence-corrected chi connectivity index (χ0v) is 32.9. The molecule has 24 nitrogen and oxygen atoms in total. The van der Waals surface area contributed by atoms with Crippen molar-refractivity contribution in [2.24, 2.45) is 11.3 Å². The molecule has 6 N–H and O–H groups in total. The van der Waals surface area contributed by atoms with Crippen LogP contribution in [-0.4, -0.2) is 103 Å². The molecule has 0 aliphatic carbocycles. The molecule has 7 unspecified atom stereocenters. The van der Waals surface area contributed by atoms with Crippen molar-refractivity contribution in [3.8, 4) is 0 Å². The van der Waals surface area contributed by atoms with E-state index in [-0.39, 0.29) is 47.5 Å². The molecule has 1 fully saturated rings. The predicted molar refractivity (Wildman–Crippen MR) is 178 cm³/mol. The van der Waals surface area contributed by atoms with Crippen LogP contribution < -0.4 is 35.9 Å². The van der Waals surface area contributed by atoms with Gasteiger partial charge in [-0.2, -0.15) is 0 Å². The molecule has 0 saturated carbocycles. The second kappa shape index (κ2) is 18.2. The maximum atomic E-state index is 12.5. The van der Waals surface area contributed by atoms with Crippen LogP contribution in [0.2, 0.25) is 0 Å². The van der Waals surface area contributed by atoms with E-state index in [0.29, 0.717) is 5.75 Å². The van der Waals surface area contributed by atoms with Crippen molar-refractivity contribution in [2.75, 3.05) is 37.8 Å². The van der Waals surface area contributed by atoms with E-state index in [9.17, 15) is 57.9 Å². The number of anilines is 1. The van der Waals surface area contributed by atoms with E-state index in [4.69, 9.17) is 10.5 Å². The van der Waals surface area contributed by atoms with Crippen LogP contribution in [-0.2, 0) is 56.4 Å².